The smallest absolute Gasteiger partial charge is 0.265 e. The maximum Gasteiger partial charge on any atom is 0.265 e. The van der Waals surface area contributed by atoms with Crippen molar-refractivity contribution in [3.05, 3.63) is 76.9 Å². The predicted molar refractivity (Wildman–Crippen MR) is 149 cm³/mol. The molecule has 0 aliphatic heterocycles. The molecule has 2 aromatic heterocycles. The summed E-state index contributed by atoms with van der Waals surface area (Å²) in [7, 11) is -4.66. The van der Waals surface area contributed by atoms with Gasteiger partial charge in [0.2, 0.25) is 0 Å². The van der Waals surface area contributed by atoms with Crippen LogP contribution in [-0.4, -0.2) is 34.1 Å². The van der Waals surface area contributed by atoms with E-state index in [0.717, 1.165) is 6.07 Å². The van der Waals surface area contributed by atoms with Crippen molar-refractivity contribution in [1.29, 1.82) is 0 Å². The van der Waals surface area contributed by atoms with Crippen molar-refractivity contribution in [1.82, 2.24) is 15.0 Å². The minimum absolute atomic E-state index is 0.00156. The van der Waals surface area contributed by atoms with Crippen molar-refractivity contribution in [2.75, 3.05) is 4.72 Å². The van der Waals surface area contributed by atoms with Gasteiger partial charge in [0, 0.05) is 23.6 Å². The molecule has 0 saturated heterocycles. The number of hydrogen-bond donors (Lipinski definition) is 2. The van der Waals surface area contributed by atoms with Crippen LogP contribution in [0.5, 0.6) is 0 Å². The summed E-state index contributed by atoms with van der Waals surface area (Å²) >= 11 is 1.33. The molecule has 0 amide bonds. The minimum Gasteiger partial charge on any atom is -0.390 e. The van der Waals surface area contributed by atoms with Gasteiger partial charge in [-0.25, -0.2) is 36.5 Å². The summed E-state index contributed by atoms with van der Waals surface area (Å²) in [6, 6.07) is 7.75. The van der Waals surface area contributed by atoms with Crippen LogP contribution < -0.4 is 4.72 Å². The highest BCUT2D eigenvalue weighted by atomic mass is 32.2. The Bertz CT molecular complexity index is 1660. The van der Waals surface area contributed by atoms with Gasteiger partial charge in [0.15, 0.2) is 5.82 Å². The Morgan fingerprint density at radius 2 is 1.73 bits per heavy atom. The molecule has 0 fully saturated rings. The van der Waals surface area contributed by atoms with Gasteiger partial charge in [-0.1, -0.05) is 26.8 Å². The molecule has 12 heteroatoms. The van der Waals surface area contributed by atoms with E-state index in [-0.39, 0.29) is 16.7 Å². The maximum absolute atomic E-state index is 15.9. The topological polar surface area (TPSA) is 105 Å². The van der Waals surface area contributed by atoms with E-state index in [1.54, 1.807) is 26.1 Å². The van der Waals surface area contributed by atoms with E-state index in [1.165, 1.54) is 29.5 Å². The van der Waals surface area contributed by atoms with E-state index in [0.29, 0.717) is 46.4 Å². The third-order valence-corrected chi connectivity index (χ3v) is 8.73. The lowest BCUT2D eigenvalue weighted by atomic mass is 9.98. The fourth-order valence-electron chi connectivity index (χ4n) is 3.74. The van der Waals surface area contributed by atoms with Gasteiger partial charge in [0.25, 0.3) is 10.0 Å². The number of nitrogens with one attached hydrogen (secondary N) is 1. The molecule has 212 valence electrons. The molecule has 0 spiro atoms. The van der Waals surface area contributed by atoms with Crippen LogP contribution in [0, 0.1) is 17.5 Å². The zero-order valence-corrected chi connectivity index (χ0v) is 24.2. The number of rotatable bonds is 8. The number of aryl methyl sites for hydroxylation is 1. The zero-order valence-electron chi connectivity index (χ0n) is 22.6. The van der Waals surface area contributed by atoms with Gasteiger partial charge in [-0.05, 0) is 56.7 Å². The molecule has 0 saturated carbocycles. The van der Waals surface area contributed by atoms with Gasteiger partial charge >= 0.3 is 0 Å². The molecule has 0 aliphatic carbocycles. The molecule has 40 heavy (non-hydrogen) atoms. The molecule has 0 radical (unpaired) electrons. The molecule has 0 atom stereocenters. The van der Waals surface area contributed by atoms with Gasteiger partial charge in [-0.2, -0.15) is 0 Å². The average Bonchev–Trinajstić information content (AvgIpc) is 3.31. The summed E-state index contributed by atoms with van der Waals surface area (Å²) in [5.41, 5.74) is -1.00. The Balaban J connectivity index is 1.80. The van der Waals surface area contributed by atoms with Crippen LogP contribution in [0.3, 0.4) is 0 Å². The van der Waals surface area contributed by atoms with Crippen LogP contribution in [0.2, 0.25) is 0 Å². The third kappa shape index (κ3) is 6.68. The van der Waals surface area contributed by atoms with Crippen molar-refractivity contribution >= 4 is 27.0 Å². The van der Waals surface area contributed by atoms with E-state index < -0.39 is 43.7 Å². The Hall–Kier alpha value is -3.35. The molecule has 0 unspecified atom stereocenters. The fourth-order valence-corrected chi connectivity index (χ4v) is 5.99. The number of hydrogen-bond acceptors (Lipinski definition) is 7. The van der Waals surface area contributed by atoms with Crippen LogP contribution in [0.25, 0.3) is 21.8 Å². The highest BCUT2D eigenvalue weighted by molar-refractivity contribution is 7.92. The largest absolute Gasteiger partial charge is 0.390 e. The number of thiazole rings is 1. The summed E-state index contributed by atoms with van der Waals surface area (Å²) < 4.78 is 71.5. The standard InChI is InChI=1S/C28H29F3N4O3S2/c1-27(2,3)26-34-24(25(39-26)20-12-14-32-22(33-20)11-13-28(4,5)36)17-7-6-8-19(23(17)31)35-40(37,38)21-15-16(29)9-10-18(21)30/h6-10,12,14-15,35-36H,11,13H2,1-5H3. The second kappa shape index (κ2) is 10.9. The van der Waals surface area contributed by atoms with E-state index >= 15 is 4.39 Å². The number of sulfonamides is 1. The first-order chi connectivity index (χ1) is 18.5. The highest BCUT2D eigenvalue weighted by Crippen LogP contribution is 2.42. The van der Waals surface area contributed by atoms with Crippen LogP contribution >= 0.6 is 11.3 Å². The SMILES string of the molecule is CC(C)(O)CCc1nccc(-c2sc(C(C)(C)C)nc2-c2cccc(NS(=O)(=O)c3cc(F)ccc3F)c2F)n1. The number of anilines is 1. The van der Waals surface area contributed by atoms with Crippen molar-refractivity contribution in [2.45, 2.75) is 63.4 Å². The summed E-state index contributed by atoms with van der Waals surface area (Å²) in [4.78, 5) is 13.2. The van der Waals surface area contributed by atoms with Crippen molar-refractivity contribution in [3.63, 3.8) is 0 Å². The number of aliphatic hydroxyl groups is 1. The van der Waals surface area contributed by atoms with Crippen molar-refractivity contribution in [3.8, 4) is 21.8 Å². The second-order valence-corrected chi connectivity index (χ2v) is 13.6. The molecule has 2 N–H and O–H groups in total. The van der Waals surface area contributed by atoms with E-state index in [9.17, 15) is 22.3 Å². The molecule has 4 rings (SSSR count). The lowest BCUT2D eigenvalue weighted by Gasteiger charge is -2.16. The minimum atomic E-state index is -4.66. The zero-order chi connectivity index (χ0) is 29.5. The second-order valence-electron chi connectivity index (χ2n) is 11.0. The molecule has 4 aromatic rings. The molecular weight excluding hydrogens is 561 g/mol. The molecule has 0 bridgehead atoms. The molecular formula is C28H29F3N4O3S2. The van der Waals surface area contributed by atoms with Gasteiger partial charge in [-0.3, -0.25) is 4.72 Å². The van der Waals surface area contributed by atoms with Gasteiger partial charge in [-0.15, -0.1) is 11.3 Å². The normalized spacial score (nSPS) is 12.5. The monoisotopic (exact) mass is 590 g/mol. The first-order valence-electron chi connectivity index (χ1n) is 12.4. The summed E-state index contributed by atoms with van der Waals surface area (Å²) in [5.74, 6) is -2.57. The Morgan fingerprint density at radius 3 is 2.40 bits per heavy atom. The first kappa shape index (κ1) is 29.6. The quantitative estimate of drug-likeness (QED) is 0.243. The van der Waals surface area contributed by atoms with Gasteiger partial charge < -0.3 is 5.11 Å². The van der Waals surface area contributed by atoms with Crippen LogP contribution in [0.1, 0.15) is 51.9 Å². The van der Waals surface area contributed by atoms with Crippen LogP contribution in [0.4, 0.5) is 18.9 Å². The lowest BCUT2D eigenvalue weighted by molar-refractivity contribution is 0.0708. The van der Waals surface area contributed by atoms with Crippen LogP contribution in [0.15, 0.2) is 53.6 Å². The summed E-state index contributed by atoms with van der Waals surface area (Å²) in [6.45, 7) is 9.27. The van der Waals surface area contributed by atoms with E-state index in [1.807, 2.05) is 25.5 Å². The number of nitrogens with zero attached hydrogens (tertiary/aromatic N) is 3. The Morgan fingerprint density at radius 1 is 1.00 bits per heavy atom. The van der Waals surface area contributed by atoms with Crippen molar-refractivity contribution in [2.24, 2.45) is 0 Å². The number of halogens is 3. The Kier molecular flexibility index (Phi) is 8.08. The number of benzene rings is 2. The molecule has 0 aliphatic rings. The first-order valence-corrected chi connectivity index (χ1v) is 14.7. The van der Waals surface area contributed by atoms with Crippen LogP contribution in [-0.2, 0) is 21.9 Å². The third-order valence-electron chi connectivity index (χ3n) is 5.85. The summed E-state index contributed by atoms with van der Waals surface area (Å²) in [5, 5.41) is 10.8. The molecule has 2 aromatic carbocycles. The highest BCUT2D eigenvalue weighted by Gasteiger charge is 2.28. The summed E-state index contributed by atoms with van der Waals surface area (Å²) in [6.07, 6.45) is 2.43. The molecule has 2 heterocycles. The average molecular weight is 591 g/mol. The predicted octanol–water partition coefficient (Wildman–Crippen LogP) is 6.49. The maximum atomic E-state index is 15.9. The Labute approximate surface area is 235 Å². The van der Waals surface area contributed by atoms with E-state index in [2.05, 4.69) is 9.97 Å². The van der Waals surface area contributed by atoms with Crippen molar-refractivity contribution < 1.29 is 26.7 Å². The fraction of sp³-hybridized carbons (Fsp3) is 0.321. The lowest BCUT2D eigenvalue weighted by Crippen LogP contribution is -2.19. The number of aromatic nitrogens is 3. The van der Waals surface area contributed by atoms with Gasteiger partial charge in [0.05, 0.1) is 32.6 Å². The van der Waals surface area contributed by atoms with Gasteiger partial charge in [0.1, 0.15) is 22.4 Å². The van der Waals surface area contributed by atoms with E-state index in [4.69, 9.17) is 4.98 Å². The molecule has 7 nitrogen and oxygen atoms in total.